The average Bonchev–Trinajstić information content (AvgIpc) is 2.18. The van der Waals surface area contributed by atoms with E-state index in [2.05, 4.69) is 4.90 Å². The van der Waals surface area contributed by atoms with E-state index in [1.54, 1.807) is 13.2 Å². The van der Waals surface area contributed by atoms with Gasteiger partial charge < -0.3 is 9.84 Å². The number of hydrogen-bond donors (Lipinski definition) is 1. The number of carboxylic acids is 1. The monoisotopic (exact) mass is 213 g/mol. The second-order valence-electron chi connectivity index (χ2n) is 3.96. The fourth-order valence-corrected chi connectivity index (χ4v) is 1.99. The average molecular weight is 213 g/mol. The molecule has 15 heavy (non-hydrogen) atoms. The highest BCUT2D eigenvalue weighted by molar-refractivity contribution is 5.79. The molecule has 1 unspecified atom stereocenters. The Morgan fingerprint density at radius 1 is 1.67 bits per heavy atom. The third kappa shape index (κ3) is 4.95. The topological polar surface area (TPSA) is 49.8 Å². The minimum Gasteiger partial charge on any atom is -0.478 e. The zero-order chi connectivity index (χ0) is 11.1. The summed E-state index contributed by atoms with van der Waals surface area (Å²) in [7, 11) is 1.73. The lowest BCUT2D eigenvalue weighted by molar-refractivity contribution is -0.131. The fraction of sp³-hybridized carbons (Fsp3) is 0.727. The molecule has 1 aliphatic rings. The van der Waals surface area contributed by atoms with Gasteiger partial charge in [-0.3, -0.25) is 4.90 Å². The second-order valence-corrected chi connectivity index (χ2v) is 3.96. The van der Waals surface area contributed by atoms with Crippen molar-refractivity contribution in [2.24, 2.45) is 5.92 Å². The van der Waals surface area contributed by atoms with Crippen LogP contribution in [0.2, 0.25) is 0 Å². The summed E-state index contributed by atoms with van der Waals surface area (Å²) in [4.78, 5) is 12.6. The van der Waals surface area contributed by atoms with E-state index in [-0.39, 0.29) is 0 Å². The van der Waals surface area contributed by atoms with Gasteiger partial charge >= 0.3 is 5.97 Å². The summed E-state index contributed by atoms with van der Waals surface area (Å²) in [5.74, 6) is -0.276. The molecule has 0 amide bonds. The van der Waals surface area contributed by atoms with Crippen LogP contribution < -0.4 is 0 Å². The molecule has 1 saturated heterocycles. The number of nitrogens with zero attached hydrogens (tertiary/aromatic N) is 1. The quantitative estimate of drug-likeness (QED) is 0.692. The maximum Gasteiger partial charge on any atom is 0.328 e. The number of ether oxygens (including phenoxy) is 1. The Labute approximate surface area is 90.5 Å². The molecule has 4 heteroatoms. The predicted octanol–water partition coefficient (Wildman–Crippen LogP) is 0.986. The van der Waals surface area contributed by atoms with Gasteiger partial charge in [-0.05, 0) is 25.3 Å². The normalized spacial score (nSPS) is 23.4. The van der Waals surface area contributed by atoms with Crippen molar-refractivity contribution < 1.29 is 14.6 Å². The van der Waals surface area contributed by atoms with Crippen LogP contribution in [0.15, 0.2) is 12.2 Å². The fourth-order valence-electron chi connectivity index (χ4n) is 1.99. The third-order valence-electron chi connectivity index (χ3n) is 2.63. The number of carboxylic acid groups (broad SMARTS) is 1. The van der Waals surface area contributed by atoms with E-state index in [0.29, 0.717) is 5.92 Å². The first-order valence-electron chi connectivity index (χ1n) is 5.33. The van der Waals surface area contributed by atoms with Crippen LogP contribution in [0.4, 0.5) is 0 Å². The van der Waals surface area contributed by atoms with Gasteiger partial charge in [0.1, 0.15) is 0 Å². The van der Waals surface area contributed by atoms with Gasteiger partial charge in [0.2, 0.25) is 0 Å². The molecule has 1 N–H and O–H groups in total. The summed E-state index contributed by atoms with van der Waals surface area (Å²) in [5, 5.41) is 8.45. The predicted molar refractivity (Wildman–Crippen MR) is 57.8 cm³/mol. The molecule has 0 aromatic heterocycles. The maximum atomic E-state index is 10.3. The summed E-state index contributed by atoms with van der Waals surface area (Å²) in [5.41, 5.74) is 0. The smallest absolute Gasteiger partial charge is 0.328 e. The van der Waals surface area contributed by atoms with E-state index >= 15 is 0 Å². The molecule has 1 atom stereocenters. The van der Waals surface area contributed by atoms with Crippen molar-refractivity contribution in [3.63, 3.8) is 0 Å². The van der Waals surface area contributed by atoms with Gasteiger partial charge in [0, 0.05) is 26.3 Å². The lowest BCUT2D eigenvalue weighted by atomic mass is 9.99. The van der Waals surface area contributed by atoms with Crippen LogP contribution in [0.1, 0.15) is 12.8 Å². The van der Waals surface area contributed by atoms with E-state index in [4.69, 9.17) is 9.84 Å². The lowest BCUT2D eigenvalue weighted by Gasteiger charge is -2.31. The van der Waals surface area contributed by atoms with Gasteiger partial charge in [0.25, 0.3) is 0 Å². The molecule has 0 aromatic rings. The van der Waals surface area contributed by atoms with Crippen LogP contribution in [0.5, 0.6) is 0 Å². The number of hydrogen-bond acceptors (Lipinski definition) is 3. The zero-order valence-electron chi connectivity index (χ0n) is 9.19. The highest BCUT2D eigenvalue weighted by atomic mass is 16.5. The molecule has 0 radical (unpaired) electrons. The molecule has 86 valence electrons. The van der Waals surface area contributed by atoms with Crippen molar-refractivity contribution in [3.05, 3.63) is 12.2 Å². The Kier molecular flexibility index (Phi) is 5.36. The summed E-state index contributed by atoms with van der Waals surface area (Å²) < 4.78 is 5.13. The van der Waals surface area contributed by atoms with Crippen LogP contribution in [0.3, 0.4) is 0 Å². The Morgan fingerprint density at radius 2 is 2.47 bits per heavy atom. The maximum absolute atomic E-state index is 10.3. The van der Waals surface area contributed by atoms with Gasteiger partial charge in [-0.1, -0.05) is 6.08 Å². The van der Waals surface area contributed by atoms with E-state index in [9.17, 15) is 4.79 Å². The first-order valence-corrected chi connectivity index (χ1v) is 5.33. The molecular weight excluding hydrogens is 194 g/mol. The second kappa shape index (κ2) is 6.58. The summed E-state index contributed by atoms with van der Waals surface area (Å²) in [6.45, 7) is 3.60. The largest absolute Gasteiger partial charge is 0.478 e. The molecule has 0 bridgehead atoms. The van der Waals surface area contributed by atoms with Crippen molar-refractivity contribution in [3.8, 4) is 0 Å². The van der Waals surface area contributed by atoms with Crippen LogP contribution in [-0.2, 0) is 9.53 Å². The minimum atomic E-state index is -0.875. The standard InChI is InChI=1S/C11H19NO3/c1-15-9-10-4-2-6-12(8-10)7-3-5-11(13)14/h3,5,10H,2,4,6-9H2,1H3,(H,13,14)/b5-3+. The van der Waals surface area contributed by atoms with Gasteiger partial charge in [-0.15, -0.1) is 0 Å². The number of carbonyl (C=O) groups is 1. The molecule has 0 spiro atoms. The lowest BCUT2D eigenvalue weighted by Crippen LogP contribution is -2.37. The first-order chi connectivity index (χ1) is 7.22. The molecule has 4 nitrogen and oxygen atoms in total. The van der Waals surface area contributed by atoms with E-state index in [0.717, 1.165) is 26.2 Å². The van der Waals surface area contributed by atoms with E-state index in [1.807, 2.05) is 0 Å². The highest BCUT2D eigenvalue weighted by Crippen LogP contribution is 2.16. The molecule has 1 rings (SSSR count). The molecule has 1 aliphatic heterocycles. The van der Waals surface area contributed by atoms with Crippen LogP contribution >= 0.6 is 0 Å². The van der Waals surface area contributed by atoms with Gasteiger partial charge in [-0.2, -0.15) is 0 Å². The van der Waals surface area contributed by atoms with Crippen molar-refractivity contribution in [2.45, 2.75) is 12.8 Å². The summed E-state index contributed by atoms with van der Waals surface area (Å²) in [6, 6.07) is 0. The van der Waals surface area contributed by atoms with Crippen molar-refractivity contribution >= 4 is 5.97 Å². The molecule has 1 heterocycles. The van der Waals surface area contributed by atoms with Crippen LogP contribution in [0.25, 0.3) is 0 Å². The first kappa shape index (κ1) is 12.2. The Hall–Kier alpha value is -0.870. The molecule has 0 aromatic carbocycles. The number of piperidine rings is 1. The van der Waals surface area contributed by atoms with E-state index < -0.39 is 5.97 Å². The zero-order valence-corrected chi connectivity index (χ0v) is 9.19. The SMILES string of the molecule is COCC1CCCN(C/C=C/C(=O)O)C1. The van der Waals surface area contributed by atoms with Gasteiger partial charge in [0.15, 0.2) is 0 Å². The highest BCUT2D eigenvalue weighted by Gasteiger charge is 2.18. The van der Waals surface area contributed by atoms with Crippen molar-refractivity contribution in [1.29, 1.82) is 0 Å². The molecular formula is C11H19NO3. The molecule has 0 aliphatic carbocycles. The number of rotatable bonds is 5. The Morgan fingerprint density at radius 3 is 3.13 bits per heavy atom. The number of aliphatic carboxylic acids is 1. The van der Waals surface area contributed by atoms with E-state index in [1.165, 1.54) is 18.9 Å². The third-order valence-corrected chi connectivity index (χ3v) is 2.63. The van der Waals surface area contributed by atoms with Crippen LogP contribution in [0, 0.1) is 5.92 Å². The number of methoxy groups -OCH3 is 1. The molecule has 1 fully saturated rings. The van der Waals surface area contributed by atoms with Gasteiger partial charge in [-0.25, -0.2) is 4.79 Å². The number of likely N-dealkylation sites (tertiary alicyclic amines) is 1. The van der Waals surface area contributed by atoms with Crippen molar-refractivity contribution in [1.82, 2.24) is 4.90 Å². The Bertz CT molecular complexity index is 226. The van der Waals surface area contributed by atoms with Crippen molar-refractivity contribution in [2.75, 3.05) is 33.4 Å². The van der Waals surface area contributed by atoms with Gasteiger partial charge in [0.05, 0.1) is 6.61 Å². The Balaban J connectivity index is 2.26. The van der Waals surface area contributed by atoms with Crippen LogP contribution in [-0.4, -0.2) is 49.3 Å². The summed E-state index contributed by atoms with van der Waals surface area (Å²) in [6.07, 6.45) is 5.30. The summed E-state index contributed by atoms with van der Waals surface area (Å²) >= 11 is 0. The molecule has 0 saturated carbocycles. The minimum absolute atomic E-state index is 0.599.